The normalized spacial score (nSPS) is 16.7. The zero-order chi connectivity index (χ0) is 13.0. The predicted octanol–water partition coefficient (Wildman–Crippen LogP) is 1.09. The molecule has 1 fully saturated rings. The molecule has 2 N–H and O–H groups in total. The van der Waals surface area contributed by atoms with Crippen molar-refractivity contribution in [1.82, 2.24) is 15.2 Å². The molecule has 2 heterocycles. The van der Waals surface area contributed by atoms with Crippen molar-refractivity contribution in [3.05, 3.63) is 45.6 Å². The SMILES string of the molecule is O=[N+]([O-])C=C1NCCN1CNc1ccc(Cl)nc1. The van der Waals surface area contributed by atoms with Crippen LogP contribution in [0.15, 0.2) is 30.4 Å². The maximum atomic E-state index is 10.4. The van der Waals surface area contributed by atoms with Crippen LogP contribution in [0.3, 0.4) is 0 Å². The topological polar surface area (TPSA) is 83.3 Å². The summed E-state index contributed by atoms with van der Waals surface area (Å²) in [6.45, 7) is 1.88. The fraction of sp³-hybridized carbons (Fsp3) is 0.300. The third-order valence-corrected chi connectivity index (χ3v) is 2.68. The van der Waals surface area contributed by atoms with Gasteiger partial charge in [-0.25, -0.2) is 4.98 Å². The summed E-state index contributed by atoms with van der Waals surface area (Å²) >= 11 is 5.68. The van der Waals surface area contributed by atoms with E-state index in [-0.39, 0.29) is 0 Å². The van der Waals surface area contributed by atoms with E-state index in [1.165, 1.54) is 0 Å². The number of hydrogen-bond donors (Lipinski definition) is 2. The molecule has 7 nitrogen and oxygen atoms in total. The van der Waals surface area contributed by atoms with Crippen molar-refractivity contribution in [3.63, 3.8) is 0 Å². The lowest BCUT2D eigenvalue weighted by atomic mass is 10.4. The first-order valence-corrected chi connectivity index (χ1v) is 5.72. The van der Waals surface area contributed by atoms with Gasteiger partial charge in [0.1, 0.15) is 5.15 Å². The number of aromatic nitrogens is 1. The van der Waals surface area contributed by atoms with E-state index in [0.29, 0.717) is 30.7 Å². The Morgan fingerprint density at radius 1 is 1.67 bits per heavy atom. The van der Waals surface area contributed by atoms with Crippen LogP contribution in [-0.2, 0) is 0 Å². The Morgan fingerprint density at radius 2 is 2.50 bits per heavy atom. The van der Waals surface area contributed by atoms with Gasteiger partial charge < -0.3 is 15.5 Å². The number of rotatable bonds is 4. The standard InChI is InChI=1S/C10H12ClN5O2/c11-9-2-1-8(5-13-9)14-7-15-4-3-12-10(15)6-16(17)18/h1-2,5-6,12,14H,3-4,7H2. The lowest BCUT2D eigenvalue weighted by Gasteiger charge is -2.18. The van der Waals surface area contributed by atoms with Crippen LogP contribution >= 0.6 is 11.6 Å². The molecule has 0 spiro atoms. The Morgan fingerprint density at radius 3 is 3.17 bits per heavy atom. The van der Waals surface area contributed by atoms with Crippen LogP contribution in [0.25, 0.3) is 0 Å². The number of nitrogens with zero attached hydrogens (tertiary/aromatic N) is 3. The maximum absolute atomic E-state index is 10.4. The van der Waals surface area contributed by atoms with E-state index in [4.69, 9.17) is 11.6 Å². The average molecular weight is 270 g/mol. The van der Waals surface area contributed by atoms with E-state index in [2.05, 4.69) is 15.6 Å². The summed E-state index contributed by atoms with van der Waals surface area (Å²) < 4.78 is 0. The summed E-state index contributed by atoms with van der Waals surface area (Å²) in [6.07, 6.45) is 2.58. The van der Waals surface area contributed by atoms with Crippen molar-refractivity contribution in [1.29, 1.82) is 0 Å². The second kappa shape index (κ2) is 5.54. The Balaban J connectivity index is 1.93. The van der Waals surface area contributed by atoms with Crippen molar-refractivity contribution in [2.45, 2.75) is 0 Å². The molecule has 1 saturated heterocycles. The summed E-state index contributed by atoms with van der Waals surface area (Å²) in [7, 11) is 0. The lowest BCUT2D eigenvalue weighted by Crippen LogP contribution is -2.27. The van der Waals surface area contributed by atoms with Crippen LogP contribution in [0.2, 0.25) is 5.15 Å². The van der Waals surface area contributed by atoms with Gasteiger partial charge in [0, 0.05) is 13.1 Å². The first kappa shape index (κ1) is 12.4. The molecular weight excluding hydrogens is 258 g/mol. The molecule has 8 heteroatoms. The molecule has 1 aliphatic heterocycles. The molecule has 0 unspecified atom stereocenters. The van der Waals surface area contributed by atoms with Gasteiger partial charge in [-0.15, -0.1) is 0 Å². The molecule has 18 heavy (non-hydrogen) atoms. The highest BCUT2D eigenvalue weighted by Crippen LogP contribution is 2.11. The van der Waals surface area contributed by atoms with E-state index in [9.17, 15) is 10.1 Å². The minimum absolute atomic E-state index is 0.428. The number of hydrogen-bond acceptors (Lipinski definition) is 6. The molecule has 1 aromatic heterocycles. The fourth-order valence-electron chi connectivity index (χ4n) is 1.61. The van der Waals surface area contributed by atoms with Crippen molar-refractivity contribution in [2.24, 2.45) is 0 Å². The van der Waals surface area contributed by atoms with E-state index in [1.807, 2.05) is 4.90 Å². The zero-order valence-corrected chi connectivity index (χ0v) is 10.2. The number of halogens is 1. The van der Waals surface area contributed by atoms with Crippen LogP contribution in [0.4, 0.5) is 5.69 Å². The zero-order valence-electron chi connectivity index (χ0n) is 9.47. The van der Waals surface area contributed by atoms with Crippen LogP contribution in [-0.4, -0.2) is 34.6 Å². The van der Waals surface area contributed by atoms with Crippen LogP contribution in [0.1, 0.15) is 0 Å². The molecule has 1 aromatic rings. The summed E-state index contributed by atoms with van der Waals surface area (Å²) in [5.74, 6) is 0.509. The van der Waals surface area contributed by atoms with Crippen molar-refractivity contribution >= 4 is 17.3 Å². The first-order chi connectivity index (χ1) is 8.65. The van der Waals surface area contributed by atoms with Gasteiger partial charge in [-0.2, -0.15) is 0 Å². The molecule has 0 radical (unpaired) electrons. The minimum atomic E-state index is -0.468. The number of pyridine rings is 1. The molecule has 0 aliphatic carbocycles. The summed E-state index contributed by atoms with van der Waals surface area (Å²) in [4.78, 5) is 15.7. The molecule has 2 rings (SSSR count). The lowest BCUT2D eigenvalue weighted by molar-refractivity contribution is -0.404. The number of nitrogens with one attached hydrogen (secondary N) is 2. The van der Waals surface area contributed by atoms with Crippen LogP contribution < -0.4 is 10.6 Å². The van der Waals surface area contributed by atoms with E-state index < -0.39 is 4.92 Å². The molecule has 0 atom stereocenters. The van der Waals surface area contributed by atoms with Gasteiger partial charge >= 0.3 is 0 Å². The summed E-state index contributed by atoms with van der Waals surface area (Å²) in [5, 5.41) is 16.9. The Labute approximate surface area is 109 Å². The number of nitro groups is 1. The van der Waals surface area contributed by atoms with Crippen LogP contribution in [0, 0.1) is 10.1 Å². The highest BCUT2D eigenvalue weighted by Gasteiger charge is 2.18. The quantitative estimate of drug-likeness (QED) is 0.484. The van der Waals surface area contributed by atoms with E-state index in [1.54, 1.807) is 18.3 Å². The highest BCUT2D eigenvalue weighted by atomic mass is 35.5. The Kier molecular flexibility index (Phi) is 3.83. The van der Waals surface area contributed by atoms with Crippen molar-refractivity contribution < 1.29 is 4.92 Å². The van der Waals surface area contributed by atoms with Gasteiger partial charge in [0.2, 0.25) is 0 Å². The monoisotopic (exact) mass is 269 g/mol. The molecule has 0 bridgehead atoms. The van der Waals surface area contributed by atoms with Crippen molar-refractivity contribution in [3.8, 4) is 0 Å². The molecule has 0 aromatic carbocycles. The second-order valence-corrected chi connectivity index (χ2v) is 4.08. The van der Waals surface area contributed by atoms with Crippen LogP contribution in [0.5, 0.6) is 0 Å². The highest BCUT2D eigenvalue weighted by molar-refractivity contribution is 6.29. The summed E-state index contributed by atoms with van der Waals surface area (Å²) in [5.41, 5.74) is 0.812. The Hall–Kier alpha value is -2.02. The van der Waals surface area contributed by atoms with E-state index in [0.717, 1.165) is 11.9 Å². The molecule has 0 amide bonds. The van der Waals surface area contributed by atoms with Crippen molar-refractivity contribution in [2.75, 3.05) is 25.1 Å². The van der Waals surface area contributed by atoms with Gasteiger partial charge in [0.25, 0.3) is 6.20 Å². The minimum Gasteiger partial charge on any atom is -0.366 e. The van der Waals surface area contributed by atoms with Gasteiger partial charge in [-0.3, -0.25) is 10.1 Å². The molecule has 0 saturated carbocycles. The largest absolute Gasteiger partial charge is 0.366 e. The third kappa shape index (κ3) is 3.24. The average Bonchev–Trinajstić information content (AvgIpc) is 2.75. The fourth-order valence-corrected chi connectivity index (χ4v) is 1.72. The smallest absolute Gasteiger partial charge is 0.274 e. The Bertz CT molecular complexity index is 462. The van der Waals surface area contributed by atoms with Gasteiger partial charge in [0.05, 0.1) is 23.5 Å². The maximum Gasteiger partial charge on any atom is 0.274 e. The van der Waals surface area contributed by atoms with Gasteiger partial charge in [0.15, 0.2) is 5.82 Å². The van der Waals surface area contributed by atoms with Gasteiger partial charge in [-0.1, -0.05) is 11.6 Å². The third-order valence-electron chi connectivity index (χ3n) is 2.46. The predicted molar refractivity (Wildman–Crippen MR) is 67.5 cm³/mol. The van der Waals surface area contributed by atoms with Gasteiger partial charge in [-0.05, 0) is 12.1 Å². The number of anilines is 1. The first-order valence-electron chi connectivity index (χ1n) is 5.35. The molecule has 1 aliphatic rings. The molecule has 96 valence electrons. The second-order valence-electron chi connectivity index (χ2n) is 3.69. The van der Waals surface area contributed by atoms with E-state index >= 15 is 0 Å². The summed E-state index contributed by atoms with van der Waals surface area (Å²) in [6, 6.07) is 3.48. The molecular formula is C10H12ClN5O2.